The summed E-state index contributed by atoms with van der Waals surface area (Å²) in [4.78, 5) is 12.6. The Morgan fingerprint density at radius 2 is 1.10 bits per heavy atom. The molecule has 0 aliphatic rings. The van der Waals surface area contributed by atoms with Crippen molar-refractivity contribution in [2.45, 2.75) is 13.8 Å². The molecular formula is C25H14Cl4O. The summed E-state index contributed by atoms with van der Waals surface area (Å²) >= 11 is 27.1. The Hall–Kier alpha value is -2.03. The van der Waals surface area contributed by atoms with E-state index in [1.807, 2.05) is 37.3 Å². The summed E-state index contributed by atoms with van der Waals surface area (Å²) < 4.78 is 0. The van der Waals surface area contributed by atoms with Gasteiger partial charge in [-0.3, -0.25) is 4.79 Å². The van der Waals surface area contributed by atoms with Crippen LogP contribution < -0.4 is 0 Å². The fourth-order valence-electron chi connectivity index (χ4n) is 4.53. The molecular weight excluding hydrogens is 458 g/mol. The van der Waals surface area contributed by atoms with Crippen LogP contribution in [0.1, 0.15) is 29.8 Å². The quantitative estimate of drug-likeness (QED) is 0.142. The van der Waals surface area contributed by atoms with Crippen LogP contribution in [0, 0.1) is 0 Å². The summed E-state index contributed by atoms with van der Waals surface area (Å²) in [5.41, 5.74) is 2.13. The summed E-state index contributed by atoms with van der Waals surface area (Å²) in [5, 5.41) is 8.69. The molecule has 0 saturated heterocycles. The van der Waals surface area contributed by atoms with Crippen LogP contribution in [0.5, 0.6) is 0 Å². The van der Waals surface area contributed by atoms with E-state index in [2.05, 4.69) is 6.58 Å². The Bertz CT molecular complexity index is 1470. The number of Topliss-reactive ketones (excluding diaryl/α,β-unsaturated/α-hetero) is 1. The lowest BCUT2D eigenvalue weighted by Crippen LogP contribution is -2.00. The van der Waals surface area contributed by atoms with Gasteiger partial charge < -0.3 is 0 Å². The van der Waals surface area contributed by atoms with Gasteiger partial charge in [-0.15, -0.1) is 0 Å². The molecule has 0 saturated carbocycles. The maximum absolute atomic E-state index is 12.6. The Morgan fingerprint density at radius 3 is 1.57 bits per heavy atom. The molecule has 5 aromatic rings. The third-order valence-corrected chi connectivity index (χ3v) is 6.96. The number of benzene rings is 5. The first-order valence-electron chi connectivity index (χ1n) is 9.29. The Kier molecular flexibility index (Phi) is 4.47. The van der Waals surface area contributed by atoms with E-state index in [1.54, 1.807) is 6.07 Å². The van der Waals surface area contributed by atoms with E-state index in [4.69, 9.17) is 46.4 Å². The number of halogens is 4. The first kappa shape index (κ1) is 19.9. The SMILES string of the molecule is C=C(C)c1cc(Cl)c2c3c(Cl)ccc4ccc(Cl)c(c5c(Cl)cc(C(C)=O)c1c25)c43. The van der Waals surface area contributed by atoms with Gasteiger partial charge in [0, 0.05) is 63.4 Å². The summed E-state index contributed by atoms with van der Waals surface area (Å²) in [6.07, 6.45) is 0. The van der Waals surface area contributed by atoms with Crippen LogP contribution >= 0.6 is 46.4 Å². The van der Waals surface area contributed by atoms with E-state index in [1.165, 1.54) is 6.92 Å². The van der Waals surface area contributed by atoms with Crippen molar-refractivity contribution >= 4 is 101 Å². The third kappa shape index (κ3) is 2.53. The largest absolute Gasteiger partial charge is 0.294 e. The topological polar surface area (TPSA) is 17.1 Å². The average Bonchev–Trinajstić information content (AvgIpc) is 2.69. The second-order valence-corrected chi connectivity index (χ2v) is 9.22. The summed E-state index contributed by atoms with van der Waals surface area (Å²) in [6, 6.07) is 11.2. The van der Waals surface area contributed by atoms with Crippen LogP contribution in [-0.4, -0.2) is 5.78 Å². The third-order valence-electron chi connectivity index (χ3n) is 5.73. The molecule has 0 unspecified atom stereocenters. The van der Waals surface area contributed by atoms with E-state index in [9.17, 15) is 4.79 Å². The fourth-order valence-corrected chi connectivity index (χ4v) is 5.63. The number of fused-ring (bicyclic) bond motifs is 2. The predicted octanol–water partition coefficient (Wildman–Crippen LogP) is 9.59. The highest BCUT2D eigenvalue weighted by molar-refractivity contribution is 6.53. The molecule has 0 aliphatic heterocycles. The highest BCUT2D eigenvalue weighted by atomic mass is 35.5. The van der Waals surface area contributed by atoms with Gasteiger partial charge in [0.1, 0.15) is 0 Å². The molecule has 0 bridgehead atoms. The molecule has 0 amide bonds. The van der Waals surface area contributed by atoms with Gasteiger partial charge in [-0.2, -0.15) is 0 Å². The van der Waals surface area contributed by atoms with Gasteiger partial charge in [0.2, 0.25) is 0 Å². The number of carbonyl (C=O) groups is 1. The van der Waals surface area contributed by atoms with Crippen molar-refractivity contribution in [2.75, 3.05) is 0 Å². The zero-order chi connectivity index (χ0) is 21.5. The van der Waals surface area contributed by atoms with Crippen LogP contribution in [0.2, 0.25) is 20.1 Å². The molecule has 0 heterocycles. The summed E-state index contributed by atoms with van der Waals surface area (Å²) in [6.45, 7) is 7.53. The monoisotopic (exact) mass is 470 g/mol. The van der Waals surface area contributed by atoms with Gasteiger partial charge in [0.05, 0.1) is 0 Å². The van der Waals surface area contributed by atoms with E-state index in [0.717, 1.165) is 54.2 Å². The molecule has 0 fully saturated rings. The lowest BCUT2D eigenvalue weighted by molar-refractivity contribution is 0.101. The van der Waals surface area contributed by atoms with Crippen molar-refractivity contribution in [3.8, 4) is 0 Å². The van der Waals surface area contributed by atoms with Gasteiger partial charge in [0.25, 0.3) is 0 Å². The Balaban J connectivity index is 2.33. The minimum absolute atomic E-state index is 0.0894. The number of ketones is 1. The Labute approximate surface area is 193 Å². The zero-order valence-electron chi connectivity index (χ0n) is 16.1. The number of rotatable bonds is 2. The lowest BCUT2D eigenvalue weighted by Gasteiger charge is -2.21. The molecule has 5 aromatic carbocycles. The van der Waals surface area contributed by atoms with Gasteiger partial charge in [-0.05, 0) is 49.1 Å². The van der Waals surface area contributed by atoms with Gasteiger partial charge in [-0.1, -0.05) is 70.7 Å². The average molecular weight is 472 g/mol. The smallest absolute Gasteiger partial charge is 0.160 e. The van der Waals surface area contributed by atoms with Crippen molar-refractivity contribution in [2.24, 2.45) is 0 Å². The zero-order valence-corrected chi connectivity index (χ0v) is 19.1. The number of hydrogen-bond donors (Lipinski definition) is 0. The first-order valence-corrected chi connectivity index (χ1v) is 10.8. The second kappa shape index (κ2) is 6.73. The lowest BCUT2D eigenvalue weighted by atomic mass is 9.84. The number of carbonyl (C=O) groups excluding carboxylic acids is 1. The molecule has 0 N–H and O–H groups in total. The maximum Gasteiger partial charge on any atom is 0.160 e. The van der Waals surface area contributed by atoms with Crippen LogP contribution in [-0.2, 0) is 0 Å². The number of allylic oxidation sites excluding steroid dienone is 1. The van der Waals surface area contributed by atoms with Crippen molar-refractivity contribution in [1.29, 1.82) is 0 Å². The van der Waals surface area contributed by atoms with E-state index >= 15 is 0 Å². The second-order valence-electron chi connectivity index (χ2n) is 7.59. The van der Waals surface area contributed by atoms with Crippen LogP contribution in [0.3, 0.4) is 0 Å². The van der Waals surface area contributed by atoms with Crippen molar-refractivity contribution in [3.63, 3.8) is 0 Å². The maximum atomic E-state index is 12.6. The standard InChI is InChI=1S/C25H14Cl4O/c1-10(2)13-8-17(28)23-21-15(26)6-4-12-5-7-16(27)22(19(12)21)24-18(29)9-14(11(3)30)20(13)25(23)24/h4-9H,1H2,2-3H3. The van der Waals surface area contributed by atoms with Crippen LogP contribution in [0.15, 0.2) is 43.0 Å². The Morgan fingerprint density at radius 1 is 0.633 bits per heavy atom. The van der Waals surface area contributed by atoms with Crippen molar-refractivity contribution < 1.29 is 4.79 Å². The van der Waals surface area contributed by atoms with Gasteiger partial charge in [-0.25, -0.2) is 0 Å². The summed E-state index contributed by atoms with van der Waals surface area (Å²) in [7, 11) is 0. The molecule has 30 heavy (non-hydrogen) atoms. The van der Waals surface area contributed by atoms with Gasteiger partial charge >= 0.3 is 0 Å². The fraction of sp³-hybridized carbons (Fsp3) is 0.0800. The van der Waals surface area contributed by atoms with Crippen LogP contribution in [0.25, 0.3) is 48.7 Å². The molecule has 0 radical (unpaired) electrons. The predicted molar refractivity (Wildman–Crippen MR) is 132 cm³/mol. The van der Waals surface area contributed by atoms with E-state index < -0.39 is 0 Å². The molecule has 5 rings (SSSR count). The number of hydrogen-bond acceptors (Lipinski definition) is 1. The molecule has 0 atom stereocenters. The van der Waals surface area contributed by atoms with Crippen LogP contribution in [0.4, 0.5) is 0 Å². The first-order chi connectivity index (χ1) is 14.2. The molecule has 0 aromatic heterocycles. The molecule has 5 heteroatoms. The van der Waals surface area contributed by atoms with Crippen molar-refractivity contribution in [3.05, 3.63) is 74.2 Å². The summed E-state index contributed by atoms with van der Waals surface area (Å²) in [5.74, 6) is -0.0894. The van der Waals surface area contributed by atoms with Gasteiger partial charge in [0.15, 0.2) is 5.78 Å². The molecule has 0 aliphatic carbocycles. The minimum atomic E-state index is -0.0894. The highest BCUT2D eigenvalue weighted by Gasteiger charge is 2.25. The minimum Gasteiger partial charge on any atom is -0.294 e. The molecule has 0 spiro atoms. The van der Waals surface area contributed by atoms with E-state index in [0.29, 0.717) is 25.7 Å². The molecule has 1 nitrogen and oxygen atoms in total. The van der Waals surface area contributed by atoms with E-state index in [-0.39, 0.29) is 5.78 Å². The van der Waals surface area contributed by atoms with Crippen molar-refractivity contribution in [1.82, 2.24) is 0 Å². The highest BCUT2D eigenvalue weighted by Crippen LogP contribution is 2.51. The normalized spacial score (nSPS) is 11.9. The molecule has 148 valence electrons.